The van der Waals surface area contributed by atoms with Crippen molar-refractivity contribution in [3.8, 4) is 0 Å². The van der Waals surface area contributed by atoms with Gasteiger partial charge in [-0.15, -0.1) is 0 Å². The standard InChI is InChI=1S/2C7H15NO.2C7H15N.C6H13NO/c1-6-4-9-5-7(2)8(6)3;1-7-3-5-9-6-4-8(7)2;2*1-7-5-3-4-6-8(7)2;1-6-5-8-4-3-7(6)2/h6-7H,4-5H2,1-3H3;7H,3-6H2,1-2H3;2*7H,3-6H2,1-2H3;6H,3-5H2,1-2H3/t6-,7?;3*7-;6-/m00000/s1. The number of piperidine rings is 2. The summed E-state index contributed by atoms with van der Waals surface area (Å²) in [6.45, 7) is 23.6. The molecular formula is C34H73N5O3. The Morgan fingerprint density at radius 1 is 0.381 bits per heavy atom. The largest absolute Gasteiger partial charge is 0.380 e. The van der Waals surface area contributed by atoms with Crippen molar-refractivity contribution in [2.45, 2.75) is 123 Å². The van der Waals surface area contributed by atoms with Crippen LogP contribution in [0.25, 0.3) is 0 Å². The van der Waals surface area contributed by atoms with Gasteiger partial charge in [-0.25, -0.2) is 0 Å². The highest BCUT2D eigenvalue weighted by atomic mass is 16.5. The fourth-order valence-electron chi connectivity index (χ4n) is 5.38. The van der Waals surface area contributed by atoms with E-state index in [1.165, 1.54) is 58.0 Å². The smallest absolute Gasteiger partial charge is 0.0619 e. The van der Waals surface area contributed by atoms with E-state index in [1.54, 1.807) is 0 Å². The van der Waals surface area contributed by atoms with Crippen LogP contribution >= 0.6 is 0 Å². The van der Waals surface area contributed by atoms with E-state index in [1.807, 2.05) is 0 Å². The molecule has 1 unspecified atom stereocenters. The Labute approximate surface area is 262 Å². The predicted octanol–water partition coefficient (Wildman–Crippen LogP) is 4.77. The summed E-state index contributed by atoms with van der Waals surface area (Å²) in [6, 6.07) is 4.17. The maximum atomic E-state index is 5.32. The van der Waals surface area contributed by atoms with E-state index in [-0.39, 0.29) is 0 Å². The van der Waals surface area contributed by atoms with Crippen molar-refractivity contribution in [3.63, 3.8) is 0 Å². The molecule has 8 nitrogen and oxygen atoms in total. The first-order valence-electron chi connectivity index (χ1n) is 17.2. The molecule has 0 aromatic heterocycles. The van der Waals surface area contributed by atoms with E-state index in [0.717, 1.165) is 64.8 Å². The van der Waals surface area contributed by atoms with Crippen molar-refractivity contribution in [1.29, 1.82) is 0 Å². The number of likely N-dealkylation sites (tertiary alicyclic amines) is 2. The van der Waals surface area contributed by atoms with Crippen LogP contribution < -0.4 is 0 Å². The Morgan fingerprint density at radius 3 is 1.14 bits per heavy atom. The number of nitrogens with zero attached hydrogens (tertiary/aromatic N) is 5. The molecule has 5 aliphatic rings. The van der Waals surface area contributed by atoms with Gasteiger partial charge in [-0.1, -0.05) is 12.8 Å². The lowest BCUT2D eigenvalue weighted by molar-refractivity contribution is -0.0227. The van der Waals surface area contributed by atoms with E-state index in [4.69, 9.17) is 14.2 Å². The van der Waals surface area contributed by atoms with Crippen molar-refractivity contribution in [3.05, 3.63) is 0 Å². The van der Waals surface area contributed by atoms with Crippen LogP contribution in [0, 0.1) is 0 Å². The van der Waals surface area contributed by atoms with Gasteiger partial charge in [-0.3, -0.25) is 9.80 Å². The van der Waals surface area contributed by atoms with Crippen LogP contribution in [0.5, 0.6) is 0 Å². The molecule has 8 heteroatoms. The minimum Gasteiger partial charge on any atom is -0.380 e. The van der Waals surface area contributed by atoms with Gasteiger partial charge >= 0.3 is 0 Å². The van der Waals surface area contributed by atoms with Gasteiger partial charge in [0.25, 0.3) is 0 Å². The second-order valence-corrected chi connectivity index (χ2v) is 13.7. The summed E-state index contributed by atoms with van der Waals surface area (Å²) >= 11 is 0. The molecule has 0 saturated carbocycles. The Kier molecular flexibility index (Phi) is 21.8. The summed E-state index contributed by atoms with van der Waals surface area (Å²) in [5.74, 6) is 0. The number of likely N-dealkylation sites (N-methyl/N-ethyl adjacent to an activating group) is 3. The first-order valence-corrected chi connectivity index (χ1v) is 17.2. The molecule has 5 heterocycles. The molecule has 0 aromatic carbocycles. The van der Waals surface area contributed by atoms with Gasteiger partial charge in [0, 0.05) is 55.9 Å². The van der Waals surface area contributed by atoms with Gasteiger partial charge in [0.1, 0.15) is 0 Å². The van der Waals surface area contributed by atoms with Crippen molar-refractivity contribution in [1.82, 2.24) is 24.5 Å². The molecule has 0 aromatic rings. The summed E-state index contributed by atoms with van der Waals surface area (Å²) < 4.78 is 15.8. The molecule has 5 fully saturated rings. The lowest BCUT2D eigenvalue weighted by Crippen LogP contribution is -2.46. The van der Waals surface area contributed by atoms with Crippen LogP contribution in [0.15, 0.2) is 0 Å². The SMILES string of the molecule is CC1COC[C@H](C)N1C.C[C@H]1CCCCN1C.C[C@H]1CCCCN1C.C[C@H]1CCOCCN1C.C[C@H]1COCCN1C. The number of rotatable bonds is 0. The number of hydrogen-bond acceptors (Lipinski definition) is 8. The first kappa shape index (κ1) is 39.7. The minimum absolute atomic E-state index is 0.591. The summed E-state index contributed by atoms with van der Waals surface area (Å²) in [5, 5.41) is 0. The van der Waals surface area contributed by atoms with Gasteiger partial charge in [0.2, 0.25) is 0 Å². The molecule has 0 bridgehead atoms. The highest BCUT2D eigenvalue weighted by molar-refractivity contribution is 4.73. The number of morpholine rings is 2. The Bertz CT molecular complexity index is 547. The minimum atomic E-state index is 0.591. The fraction of sp³-hybridized carbons (Fsp3) is 1.00. The normalized spacial score (nSPS) is 34.1. The van der Waals surface area contributed by atoms with E-state index in [9.17, 15) is 0 Å². The Balaban J connectivity index is 0.000000263. The zero-order valence-corrected chi connectivity index (χ0v) is 29.9. The van der Waals surface area contributed by atoms with Crippen molar-refractivity contribution in [2.75, 3.05) is 101 Å². The van der Waals surface area contributed by atoms with Crippen molar-refractivity contribution >= 4 is 0 Å². The van der Waals surface area contributed by atoms with Crippen molar-refractivity contribution < 1.29 is 14.2 Å². The maximum absolute atomic E-state index is 5.32. The Hall–Kier alpha value is -0.320. The molecule has 5 aliphatic heterocycles. The number of ether oxygens (including phenoxy) is 3. The second-order valence-electron chi connectivity index (χ2n) is 13.7. The van der Waals surface area contributed by atoms with Gasteiger partial charge < -0.3 is 28.9 Å². The molecule has 5 saturated heterocycles. The summed E-state index contributed by atoms with van der Waals surface area (Å²) in [4.78, 5) is 11.9. The third-order valence-electron chi connectivity index (χ3n) is 10.1. The van der Waals surface area contributed by atoms with Crippen LogP contribution in [0.4, 0.5) is 0 Å². The van der Waals surface area contributed by atoms with Crippen LogP contribution in [0.2, 0.25) is 0 Å². The molecule has 6 atom stereocenters. The van der Waals surface area contributed by atoms with Crippen LogP contribution in [-0.4, -0.2) is 162 Å². The highest BCUT2D eigenvalue weighted by Gasteiger charge is 2.20. The lowest BCUT2D eigenvalue weighted by atomic mass is 10.1. The Morgan fingerprint density at radius 2 is 0.786 bits per heavy atom. The highest BCUT2D eigenvalue weighted by Crippen LogP contribution is 2.14. The summed E-state index contributed by atoms with van der Waals surface area (Å²) in [5.41, 5.74) is 0. The van der Waals surface area contributed by atoms with E-state index in [0.29, 0.717) is 24.2 Å². The second kappa shape index (κ2) is 23.1. The molecule has 0 aliphatic carbocycles. The van der Waals surface area contributed by atoms with Crippen molar-refractivity contribution in [2.24, 2.45) is 0 Å². The molecule has 0 amide bonds. The molecule has 42 heavy (non-hydrogen) atoms. The van der Waals surface area contributed by atoms with Crippen LogP contribution in [-0.2, 0) is 14.2 Å². The molecular weight excluding hydrogens is 526 g/mol. The average molecular weight is 600 g/mol. The van der Waals surface area contributed by atoms with E-state index < -0.39 is 0 Å². The fourth-order valence-corrected chi connectivity index (χ4v) is 5.38. The average Bonchev–Trinajstić information content (AvgIpc) is 3.16. The molecule has 0 spiro atoms. The van der Waals surface area contributed by atoms with E-state index >= 15 is 0 Å². The van der Waals surface area contributed by atoms with E-state index in [2.05, 4.69) is 101 Å². The zero-order valence-electron chi connectivity index (χ0n) is 29.9. The molecule has 0 radical (unpaired) electrons. The third-order valence-corrected chi connectivity index (χ3v) is 10.1. The monoisotopic (exact) mass is 600 g/mol. The third kappa shape index (κ3) is 17.2. The van der Waals surface area contributed by atoms with Crippen LogP contribution in [0.3, 0.4) is 0 Å². The lowest BCUT2D eigenvalue weighted by Gasteiger charge is -2.35. The molecule has 0 N–H and O–H groups in total. The predicted molar refractivity (Wildman–Crippen MR) is 180 cm³/mol. The summed E-state index contributed by atoms with van der Waals surface area (Å²) in [7, 11) is 10.9. The van der Waals surface area contributed by atoms with Gasteiger partial charge in [-0.2, -0.15) is 0 Å². The van der Waals surface area contributed by atoms with Crippen LogP contribution in [0.1, 0.15) is 86.5 Å². The van der Waals surface area contributed by atoms with Gasteiger partial charge in [0.05, 0.1) is 33.0 Å². The first-order chi connectivity index (χ1) is 19.9. The molecule has 5 rings (SSSR count). The van der Waals surface area contributed by atoms with Gasteiger partial charge in [-0.05, 0) is 122 Å². The maximum Gasteiger partial charge on any atom is 0.0619 e. The number of hydrogen-bond donors (Lipinski definition) is 0. The van der Waals surface area contributed by atoms with Gasteiger partial charge in [0.15, 0.2) is 0 Å². The quantitative estimate of drug-likeness (QED) is 0.395. The zero-order chi connectivity index (χ0) is 31.5. The molecule has 252 valence electrons. The topological polar surface area (TPSA) is 43.9 Å². The summed E-state index contributed by atoms with van der Waals surface area (Å²) in [6.07, 6.45) is 9.65.